The predicted octanol–water partition coefficient (Wildman–Crippen LogP) is 2.35. The van der Waals surface area contributed by atoms with Crippen LogP contribution in [-0.2, 0) is 6.54 Å². The Morgan fingerprint density at radius 2 is 2.12 bits per heavy atom. The van der Waals surface area contributed by atoms with Crippen LogP contribution in [0.4, 0.5) is 4.39 Å². The van der Waals surface area contributed by atoms with E-state index in [9.17, 15) is 4.39 Å². The molecule has 4 heteroatoms. The first-order valence-electron chi connectivity index (χ1n) is 5.59. The second-order valence-corrected chi connectivity index (χ2v) is 4.36. The SMILES string of the molecule is COc1cc(F)c2c(ccn2CCN(C)C)c1. The minimum Gasteiger partial charge on any atom is -0.497 e. The van der Waals surface area contributed by atoms with Gasteiger partial charge in [0.1, 0.15) is 5.75 Å². The lowest BCUT2D eigenvalue weighted by Crippen LogP contribution is -2.18. The number of fused-ring (bicyclic) bond motifs is 1. The number of methoxy groups -OCH3 is 1. The van der Waals surface area contributed by atoms with Crippen LogP contribution < -0.4 is 4.74 Å². The molecule has 0 aliphatic carbocycles. The van der Waals surface area contributed by atoms with E-state index in [2.05, 4.69) is 4.90 Å². The van der Waals surface area contributed by atoms with Crippen LogP contribution in [0.25, 0.3) is 10.9 Å². The van der Waals surface area contributed by atoms with Crippen LogP contribution in [0, 0.1) is 5.82 Å². The second kappa shape index (κ2) is 4.75. The van der Waals surface area contributed by atoms with Gasteiger partial charge in [-0.25, -0.2) is 4.39 Å². The minimum absolute atomic E-state index is 0.233. The van der Waals surface area contributed by atoms with Crippen molar-refractivity contribution >= 4 is 10.9 Å². The lowest BCUT2D eigenvalue weighted by molar-refractivity contribution is 0.386. The van der Waals surface area contributed by atoms with Crippen LogP contribution in [-0.4, -0.2) is 37.2 Å². The van der Waals surface area contributed by atoms with Crippen LogP contribution >= 0.6 is 0 Å². The molecule has 0 amide bonds. The Balaban J connectivity index is 2.39. The van der Waals surface area contributed by atoms with E-state index in [0.29, 0.717) is 11.3 Å². The van der Waals surface area contributed by atoms with Crippen molar-refractivity contribution in [3.63, 3.8) is 0 Å². The largest absolute Gasteiger partial charge is 0.497 e. The summed E-state index contributed by atoms with van der Waals surface area (Å²) in [5.74, 6) is 0.323. The van der Waals surface area contributed by atoms with Gasteiger partial charge in [-0.2, -0.15) is 0 Å². The summed E-state index contributed by atoms with van der Waals surface area (Å²) in [5.41, 5.74) is 0.646. The van der Waals surface area contributed by atoms with E-state index >= 15 is 0 Å². The molecule has 0 atom stereocenters. The van der Waals surface area contributed by atoms with Gasteiger partial charge in [-0.15, -0.1) is 0 Å². The first kappa shape index (κ1) is 11.9. The maximum Gasteiger partial charge on any atom is 0.151 e. The van der Waals surface area contributed by atoms with Crippen molar-refractivity contribution < 1.29 is 9.13 Å². The summed E-state index contributed by atoms with van der Waals surface area (Å²) in [6, 6.07) is 5.19. The third-order valence-corrected chi connectivity index (χ3v) is 2.81. The molecule has 0 N–H and O–H groups in total. The van der Waals surface area contributed by atoms with Crippen molar-refractivity contribution in [3.8, 4) is 5.75 Å². The van der Waals surface area contributed by atoms with Crippen molar-refractivity contribution in [2.24, 2.45) is 0 Å². The molecule has 2 aromatic rings. The Morgan fingerprint density at radius 3 is 2.76 bits per heavy atom. The molecule has 92 valence electrons. The Labute approximate surface area is 100 Å². The molecule has 17 heavy (non-hydrogen) atoms. The van der Waals surface area contributed by atoms with Crippen LogP contribution in [0.1, 0.15) is 0 Å². The molecule has 3 nitrogen and oxygen atoms in total. The monoisotopic (exact) mass is 236 g/mol. The average molecular weight is 236 g/mol. The molecule has 0 aliphatic rings. The molecule has 1 heterocycles. The smallest absolute Gasteiger partial charge is 0.151 e. The molecule has 0 saturated heterocycles. The molecule has 0 saturated carbocycles. The van der Waals surface area contributed by atoms with Gasteiger partial charge in [0.25, 0.3) is 0 Å². The lowest BCUT2D eigenvalue weighted by Gasteiger charge is -2.11. The minimum atomic E-state index is -0.233. The zero-order chi connectivity index (χ0) is 12.4. The van der Waals surface area contributed by atoms with Crippen molar-refractivity contribution in [1.29, 1.82) is 0 Å². The van der Waals surface area contributed by atoms with Gasteiger partial charge >= 0.3 is 0 Å². The van der Waals surface area contributed by atoms with Crippen LogP contribution in [0.3, 0.4) is 0 Å². The highest BCUT2D eigenvalue weighted by molar-refractivity contribution is 5.82. The molecule has 1 aromatic heterocycles. The zero-order valence-electron chi connectivity index (χ0n) is 10.4. The van der Waals surface area contributed by atoms with Crippen LogP contribution in [0.2, 0.25) is 0 Å². The van der Waals surface area contributed by atoms with Crippen LogP contribution in [0.5, 0.6) is 5.75 Å². The van der Waals surface area contributed by atoms with E-state index in [1.807, 2.05) is 37.0 Å². The first-order chi connectivity index (χ1) is 8.11. The second-order valence-electron chi connectivity index (χ2n) is 4.36. The van der Waals surface area contributed by atoms with Gasteiger partial charge in [-0.3, -0.25) is 0 Å². The number of nitrogens with zero attached hydrogens (tertiary/aromatic N) is 2. The highest BCUT2D eigenvalue weighted by Gasteiger charge is 2.09. The van der Waals surface area contributed by atoms with Gasteiger partial charge in [0, 0.05) is 30.7 Å². The molecule has 2 rings (SSSR count). The Morgan fingerprint density at radius 1 is 1.35 bits per heavy atom. The highest BCUT2D eigenvalue weighted by Crippen LogP contribution is 2.25. The summed E-state index contributed by atoms with van der Waals surface area (Å²) in [6.45, 7) is 1.66. The van der Waals surface area contributed by atoms with Gasteiger partial charge in [-0.1, -0.05) is 0 Å². The topological polar surface area (TPSA) is 17.4 Å². The van der Waals surface area contributed by atoms with E-state index in [1.165, 1.54) is 6.07 Å². The number of hydrogen-bond acceptors (Lipinski definition) is 2. The van der Waals surface area contributed by atoms with Gasteiger partial charge in [-0.05, 0) is 26.2 Å². The summed E-state index contributed by atoms with van der Waals surface area (Å²) in [7, 11) is 5.56. The number of rotatable bonds is 4. The highest BCUT2D eigenvalue weighted by atomic mass is 19.1. The van der Waals surface area contributed by atoms with Crippen LogP contribution in [0.15, 0.2) is 24.4 Å². The standard InChI is InChI=1S/C13H17FN2O/c1-15(2)6-7-16-5-4-10-8-11(17-3)9-12(14)13(10)16/h4-5,8-9H,6-7H2,1-3H3. The molecular formula is C13H17FN2O. The average Bonchev–Trinajstić information content (AvgIpc) is 2.69. The Kier molecular flexibility index (Phi) is 3.33. The van der Waals surface area contributed by atoms with Crippen molar-refractivity contribution in [3.05, 3.63) is 30.2 Å². The first-order valence-corrected chi connectivity index (χ1v) is 5.59. The molecular weight excluding hydrogens is 219 g/mol. The quantitative estimate of drug-likeness (QED) is 0.810. The number of benzene rings is 1. The number of hydrogen-bond donors (Lipinski definition) is 0. The van der Waals surface area contributed by atoms with Crippen molar-refractivity contribution in [2.75, 3.05) is 27.7 Å². The van der Waals surface area contributed by atoms with Gasteiger partial charge in [0.05, 0.1) is 12.6 Å². The number of ether oxygens (including phenoxy) is 1. The number of aromatic nitrogens is 1. The van der Waals surface area contributed by atoms with E-state index in [-0.39, 0.29) is 5.82 Å². The fourth-order valence-corrected chi connectivity index (χ4v) is 1.88. The third kappa shape index (κ3) is 2.42. The summed E-state index contributed by atoms with van der Waals surface area (Å²) in [4.78, 5) is 2.08. The van der Waals surface area contributed by atoms with Crippen molar-refractivity contribution in [2.45, 2.75) is 6.54 Å². The van der Waals surface area contributed by atoms with E-state index in [1.54, 1.807) is 7.11 Å². The fourth-order valence-electron chi connectivity index (χ4n) is 1.88. The Bertz CT molecular complexity index is 519. The van der Waals surface area contributed by atoms with Gasteiger partial charge < -0.3 is 14.2 Å². The van der Waals surface area contributed by atoms with E-state index in [4.69, 9.17) is 4.74 Å². The number of halogens is 1. The van der Waals surface area contributed by atoms with Gasteiger partial charge in [0.2, 0.25) is 0 Å². The van der Waals surface area contributed by atoms with Crippen molar-refractivity contribution in [1.82, 2.24) is 9.47 Å². The molecule has 0 bridgehead atoms. The Hall–Kier alpha value is -1.55. The third-order valence-electron chi connectivity index (χ3n) is 2.81. The molecule has 0 fully saturated rings. The summed E-state index contributed by atoms with van der Waals surface area (Å²) >= 11 is 0. The molecule has 0 aliphatic heterocycles. The van der Waals surface area contributed by atoms with E-state index in [0.717, 1.165) is 18.5 Å². The van der Waals surface area contributed by atoms with E-state index < -0.39 is 0 Å². The summed E-state index contributed by atoms with van der Waals surface area (Å²) < 4.78 is 20.9. The summed E-state index contributed by atoms with van der Waals surface area (Å²) in [5, 5.41) is 0.876. The van der Waals surface area contributed by atoms with Gasteiger partial charge in [0.15, 0.2) is 5.82 Å². The fraction of sp³-hybridized carbons (Fsp3) is 0.385. The zero-order valence-corrected chi connectivity index (χ0v) is 10.4. The normalized spacial score (nSPS) is 11.4. The number of likely N-dealkylation sites (N-methyl/N-ethyl adjacent to an activating group) is 1. The predicted molar refractivity (Wildman–Crippen MR) is 67.0 cm³/mol. The maximum absolute atomic E-state index is 13.9. The maximum atomic E-state index is 13.9. The lowest BCUT2D eigenvalue weighted by atomic mass is 10.2. The summed E-state index contributed by atoms with van der Waals surface area (Å²) in [6.07, 6.45) is 1.91. The molecule has 0 radical (unpaired) electrons. The molecule has 1 aromatic carbocycles. The molecule has 0 unspecified atom stereocenters. The molecule has 0 spiro atoms.